The lowest BCUT2D eigenvalue weighted by molar-refractivity contribution is -0.253. The fraction of sp³-hybridized carbons (Fsp3) is 0.562. The molecule has 0 spiro atoms. The number of likely N-dealkylation sites (tertiary alicyclic amines) is 1. The molecule has 0 radical (unpaired) electrons. The quantitative estimate of drug-likeness (QED) is 0.442. The first-order valence-electron chi connectivity index (χ1n) is 14.6. The van der Waals surface area contributed by atoms with Gasteiger partial charge in [-0.2, -0.15) is 0 Å². The molecule has 3 saturated carbocycles. The van der Waals surface area contributed by atoms with E-state index in [2.05, 4.69) is 40.2 Å². The molecule has 208 valence electrons. The molecule has 2 aliphatic heterocycles. The maximum atomic E-state index is 16.1. The number of aliphatic hydroxyl groups excluding tert-OH is 1. The molecule has 4 nitrogen and oxygen atoms in total. The van der Waals surface area contributed by atoms with Gasteiger partial charge in [0.25, 0.3) is 0 Å². The van der Waals surface area contributed by atoms with E-state index in [9.17, 15) is 9.50 Å². The number of nitrogens with zero attached hydrogens (tertiary/aromatic N) is 2. The van der Waals surface area contributed by atoms with E-state index in [1.54, 1.807) is 0 Å². The van der Waals surface area contributed by atoms with Crippen molar-refractivity contribution in [2.45, 2.75) is 75.5 Å². The number of halogens is 3. The van der Waals surface area contributed by atoms with Crippen LogP contribution in [0.25, 0.3) is 5.57 Å². The van der Waals surface area contributed by atoms with Crippen LogP contribution in [0.5, 0.6) is 0 Å². The van der Waals surface area contributed by atoms with Gasteiger partial charge in [0.1, 0.15) is 11.6 Å². The molecule has 0 amide bonds. The van der Waals surface area contributed by atoms with Crippen LogP contribution < -0.4 is 5.32 Å². The van der Waals surface area contributed by atoms with Crippen LogP contribution in [-0.2, 0) is 6.42 Å². The lowest BCUT2D eigenvalue weighted by atomic mass is 9.38. The fourth-order valence-electron chi connectivity index (χ4n) is 8.81. The van der Waals surface area contributed by atoms with Crippen molar-refractivity contribution in [3.05, 3.63) is 70.3 Å². The van der Waals surface area contributed by atoms with Crippen LogP contribution in [0.15, 0.2) is 42.0 Å². The highest BCUT2D eigenvalue weighted by molar-refractivity contribution is 5.79. The van der Waals surface area contributed by atoms with E-state index >= 15 is 8.78 Å². The molecule has 6 aliphatic rings. The first-order valence-corrected chi connectivity index (χ1v) is 14.6. The number of aliphatic hydroxyl groups is 1. The van der Waals surface area contributed by atoms with Crippen molar-refractivity contribution in [3.63, 3.8) is 0 Å². The molecule has 2 aromatic rings. The van der Waals surface area contributed by atoms with Gasteiger partial charge in [-0.15, -0.1) is 0 Å². The largest absolute Gasteiger partial charge is 0.396 e. The number of nitrogens with one attached hydrogen (secondary N) is 1. The van der Waals surface area contributed by atoms with E-state index in [0.717, 1.165) is 57.2 Å². The normalized spacial score (nSPS) is 33.5. The van der Waals surface area contributed by atoms with Gasteiger partial charge in [0.15, 0.2) is 0 Å². The van der Waals surface area contributed by atoms with E-state index < -0.39 is 17.7 Å². The van der Waals surface area contributed by atoms with Crippen LogP contribution in [0.4, 0.5) is 18.9 Å². The average molecular weight is 538 g/mol. The Morgan fingerprint density at radius 1 is 1.10 bits per heavy atom. The number of alkyl halides is 1. The monoisotopic (exact) mass is 537 g/mol. The summed E-state index contributed by atoms with van der Waals surface area (Å²) in [5.74, 6) is -1.000. The third-order valence-corrected chi connectivity index (χ3v) is 10.3. The average Bonchev–Trinajstić information content (AvgIpc) is 3.46. The fourth-order valence-corrected chi connectivity index (χ4v) is 8.81. The summed E-state index contributed by atoms with van der Waals surface area (Å²) in [5, 5.41) is 13.3. The van der Waals surface area contributed by atoms with Gasteiger partial charge in [-0.05, 0) is 91.7 Å². The lowest BCUT2D eigenvalue weighted by Gasteiger charge is -2.76. The van der Waals surface area contributed by atoms with Gasteiger partial charge in [0, 0.05) is 55.1 Å². The molecular formula is C32H38F3N3O. The van der Waals surface area contributed by atoms with Crippen LogP contribution >= 0.6 is 0 Å². The lowest BCUT2D eigenvalue weighted by Crippen LogP contribution is -2.77. The molecule has 2 bridgehead atoms. The van der Waals surface area contributed by atoms with Crippen LogP contribution in [0, 0.1) is 17.0 Å². The van der Waals surface area contributed by atoms with Gasteiger partial charge in [0.2, 0.25) is 0 Å². The molecular weight excluding hydrogens is 499 g/mol. The minimum atomic E-state index is -0.500. The smallest absolute Gasteiger partial charge is 0.133 e. The van der Waals surface area contributed by atoms with Crippen LogP contribution in [0.3, 0.4) is 0 Å². The molecule has 0 unspecified atom stereocenters. The maximum absolute atomic E-state index is 16.1. The Hall–Kier alpha value is -2.35. The van der Waals surface area contributed by atoms with Gasteiger partial charge in [-0.1, -0.05) is 24.3 Å². The molecule has 2 aromatic carbocycles. The van der Waals surface area contributed by atoms with Gasteiger partial charge in [-0.3, -0.25) is 9.29 Å². The van der Waals surface area contributed by atoms with Crippen molar-refractivity contribution < 1.29 is 18.3 Å². The molecule has 2 heterocycles. The molecule has 39 heavy (non-hydrogen) atoms. The van der Waals surface area contributed by atoms with Crippen LogP contribution in [-0.4, -0.2) is 65.4 Å². The van der Waals surface area contributed by atoms with Crippen molar-refractivity contribution in [1.29, 1.82) is 0 Å². The predicted molar refractivity (Wildman–Crippen MR) is 147 cm³/mol. The van der Waals surface area contributed by atoms with E-state index in [4.69, 9.17) is 0 Å². The SMILES string of the molecule is C[C@@H]1CC2=C(Cc3ccccc32)[C@@H](c2c(F)cc(N[C@H]3CCN(CCCF)C3)cc2F)N1C12CC(CO)(C1)C2. The van der Waals surface area contributed by atoms with Crippen molar-refractivity contribution in [2.75, 3.05) is 38.2 Å². The Labute approximate surface area is 228 Å². The van der Waals surface area contributed by atoms with Gasteiger partial charge >= 0.3 is 0 Å². The minimum absolute atomic E-state index is 0.00179. The molecule has 7 heteroatoms. The summed E-state index contributed by atoms with van der Waals surface area (Å²) in [4.78, 5) is 4.62. The van der Waals surface area contributed by atoms with Crippen molar-refractivity contribution in [3.8, 4) is 0 Å². The standard InChI is InChI=1S/C32H38F3N3O/c1-20-11-25-24-6-3-2-5-21(24)12-26(25)30(38(20)32-16-31(17-32,18-32)19-39)29-27(34)13-23(14-28(29)35)36-22-7-10-37(15-22)9-4-8-33/h2-3,5-6,13-14,20,22,30,36,39H,4,7-12,15-19H2,1H3/t20-,22+,30+,31?,32?/m1/s1. The third kappa shape index (κ3) is 3.98. The number of rotatable bonds is 8. The van der Waals surface area contributed by atoms with Crippen molar-refractivity contribution in [2.24, 2.45) is 5.41 Å². The first kappa shape index (κ1) is 25.6. The molecule has 1 saturated heterocycles. The molecule has 3 atom stereocenters. The third-order valence-electron chi connectivity index (χ3n) is 10.3. The Bertz CT molecular complexity index is 1280. The topological polar surface area (TPSA) is 38.7 Å². The van der Waals surface area contributed by atoms with E-state index in [-0.39, 0.29) is 41.9 Å². The molecule has 0 aromatic heterocycles. The second kappa shape index (κ2) is 9.35. The number of hydrogen-bond acceptors (Lipinski definition) is 4. The number of benzene rings is 2. The highest BCUT2D eigenvalue weighted by Crippen LogP contribution is 2.72. The van der Waals surface area contributed by atoms with Crippen LogP contribution in [0.1, 0.15) is 68.2 Å². The summed E-state index contributed by atoms with van der Waals surface area (Å²) in [6.07, 6.45) is 5.68. The highest BCUT2D eigenvalue weighted by Gasteiger charge is 2.71. The summed E-state index contributed by atoms with van der Waals surface area (Å²) < 4.78 is 44.9. The summed E-state index contributed by atoms with van der Waals surface area (Å²) >= 11 is 0. The molecule has 8 rings (SSSR count). The summed E-state index contributed by atoms with van der Waals surface area (Å²) in [7, 11) is 0. The number of fused-ring (bicyclic) bond motifs is 2. The number of hydrogen-bond donors (Lipinski definition) is 2. The minimum Gasteiger partial charge on any atom is -0.396 e. The summed E-state index contributed by atoms with van der Waals surface area (Å²) in [6.45, 7) is 4.40. The van der Waals surface area contributed by atoms with E-state index in [0.29, 0.717) is 18.7 Å². The van der Waals surface area contributed by atoms with E-state index in [1.165, 1.54) is 28.8 Å². The predicted octanol–water partition coefficient (Wildman–Crippen LogP) is 5.87. The molecule has 4 fully saturated rings. The first-order chi connectivity index (χ1) is 18.9. The Kier molecular flexibility index (Phi) is 6.14. The molecule has 2 N–H and O–H groups in total. The Morgan fingerprint density at radius 3 is 2.56 bits per heavy atom. The Morgan fingerprint density at radius 2 is 1.85 bits per heavy atom. The maximum Gasteiger partial charge on any atom is 0.133 e. The zero-order valence-corrected chi connectivity index (χ0v) is 22.7. The van der Waals surface area contributed by atoms with Crippen LogP contribution in [0.2, 0.25) is 0 Å². The van der Waals surface area contributed by atoms with Gasteiger partial charge in [0.05, 0.1) is 12.7 Å². The van der Waals surface area contributed by atoms with Gasteiger partial charge in [-0.25, -0.2) is 8.78 Å². The zero-order chi connectivity index (χ0) is 26.9. The summed E-state index contributed by atoms with van der Waals surface area (Å²) in [5.41, 5.74) is 5.39. The zero-order valence-electron chi connectivity index (χ0n) is 22.7. The summed E-state index contributed by atoms with van der Waals surface area (Å²) in [6, 6.07) is 11.1. The molecule has 4 aliphatic carbocycles. The Balaban J connectivity index is 1.22. The highest BCUT2D eigenvalue weighted by atomic mass is 19.1. The van der Waals surface area contributed by atoms with Crippen molar-refractivity contribution in [1.82, 2.24) is 9.80 Å². The van der Waals surface area contributed by atoms with Crippen molar-refractivity contribution >= 4 is 11.3 Å². The second-order valence-corrected chi connectivity index (χ2v) is 12.9. The van der Waals surface area contributed by atoms with Gasteiger partial charge < -0.3 is 15.3 Å². The number of anilines is 1. The second-order valence-electron chi connectivity index (χ2n) is 12.9. The van der Waals surface area contributed by atoms with E-state index in [1.807, 2.05) is 6.07 Å².